The second kappa shape index (κ2) is 6.51. The summed E-state index contributed by atoms with van der Waals surface area (Å²) >= 11 is 0. The predicted molar refractivity (Wildman–Crippen MR) is 74.3 cm³/mol. The maximum absolute atomic E-state index is 12.9. The number of amides is 1. The van der Waals surface area contributed by atoms with Gasteiger partial charge >= 0.3 is 0 Å². The quantitative estimate of drug-likeness (QED) is 0.850. The largest absolute Gasteiger partial charge is 0.343 e. The van der Waals surface area contributed by atoms with Gasteiger partial charge in [0.2, 0.25) is 5.91 Å². The summed E-state index contributed by atoms with van der Waals surface area (Å²) in [5, 5.41) is 8.85. The third-order valence-electron chi connectivity index (χ3n) is 3.95. The van der Waals surface area contributed by atoms with Crippen LogP contribution in [0.4, 0.5) is 4.39 Å². The summed E-state index contributed by atoms with van der Waals surface area (Å²) in [6.07, 6.45) is 1.98. The van der Waals surface area contributed by atoms with Crippen LogP contribution in [0.2, 0.25) is 0 Å². The van der Waals surface area contributed by atoms with Crippen LogP contribution < -0.4 is 0 Å². The molecular formula is C16H19FN2O. The minimum atomic E-state index is -0.258. The van der Waals surface area contributed by atoms with Crippen LogP contribution in [0.15, 0.2) is 24.3 Å². The Bertz CT molecular complexity index is 498. The molecule has 1 heterocycles. The molecule has 106 valence electrons. The number of likely N-dealkylation sites (tertiary alicyclic amines) is 1. The Morgan fingerprint density at radius 3 is 2.55 bits per heavy atom. The normalized spacial score (nSPS) is 17.6. The Morgan fingerprint density at radius 2 is 2.00 bits per heavy atom. The Balaban J connectivity index is 1.88. The van der Waals surface area contributed by atoms with Crippen molar-refractivity contribution in [2.24, 2.45) is 5.92 Å². The molecule has 4 heteroatoms. The molecule has 1 aromatic carbocycles. The van der Waals surface area contributed by atoms with Gasteiger partial charge in [0.05, 0.1) is 6.07 Å². The fourth-order valence-electron chi connectivity index (χ4n) is 2.56. The van der Waals surface area contributed by atoms with Crippen molar-refractivity contribution in [2.45, 2.75) is 32.1 Å². The zero-order valence-electron chi connectivity index (χ0n) is 11.7. The minimum absolute atomic E-state index is 0.0804. The first-order valence-electron chi connectivity index (χ1n) is 7.03. The molecule has 0 saturated carbocycles. The van der Waals surface area contributed by atoms with E-state index in [1.54, 1.807) is 12.1 Å². The van der Waals surface area contributed by atoms with Gasteiger partial charge in [-0.2, -0.15) is 5.26 Å². The second-order valence-electron chi connectivity index (χ2n) is 5.44. The van der Waals surface area contributed by atoms with Gasteiger partial charge in [-0.25, -0.2) is 4.39 Å². The monoisotopic (exact) mass is 274 g/mol. The van der Waals surface area contributed by atoms with Crippen molar-refractivity contribution in [1.82, 2.24) is 4.90 Å². The first kappa shape index (κ1) is 14.5. The Labute approximate surface area is 119 Å². The van der Waals surface area contributed by atoms with Crippen LogP contribution >= 0.6 is 0 Å². The number of carbonyl (C=O) groups excluding carboxylic acids is 1. The molecule has 1 atom stereocenters. The molecule has 0 N–H and O–H groups in total. The van der Waals surface area contributed by atoms with E-state index in [1.807, 2.05) is 11.8 Å². The average Bonchev–Trinajstić information content (AvgIpc) is 2.48. The highest BCUT2D eigenvalue weighted by molar-refractivity contribution is 5.77. The number of halogens is 1. The van der Waals surface area contributed by atoms with Crippen LogP contribution in [0.3, 0.4) is 0 Å². The van der Waals surface area contributed by atoms with Gasteiger partial charge in [0.25, 0.3) is 0 Å². The summed E-state index contributed by atoms with van der Waals surface area (Å²) in [5.74, 6) is 0.0365. The molecular weight excluding hydrogens is 255 g/mol. The number of piperidine rings is 1. The molecule has 2 rings (SSSR count). The molecule has 1 saturated heterocycles. The van der Waals surface area contributed by atoms with Crippen LogP contribution in [0.25, 0.3) is 0 Å². The van der Waals surface area contributed by atoms with Crippen molar-refractivity contribution < 1.29 is 9.18 Å². The summed E-state index contributed by atoms with van der Waals surface area (Å²) in [7, 11) is 0. The lowest BCUT2D eigenvalue weighted by Gasteiger charge is -2.30. The van der Waals surface area contributed by atoms with Gasteiger partial charge in [0.15, 0.2) is 0 Å². The smallest absolute Gasteiger partial charge is 0.223 e. The Hall–Kier alpha value is -1.89. The molecule has 1 amide bonds. The van der Waals surface area contributed by atoms with E-state index in [4.69, 9.17) is 5.26 Å². The van der Waals surface area contributed by atoms with E-state index in [-0.39, 0.29) is 23.6 Å². The van der Waals surface area contributed by atoms with Crippen LogP contribution in [0.5, 0.6) is 0 Å². The minimum Gasteiger partial charge on any atom is -0.343 e. The zero-order chi connectivity index (χ0) is 14.5. The van der Waals surface area contributed by atoms with E-state index < -0.39 is 0 Å². The fourth-order valence-corrected chi connectivity index (χ4v) is 2.56. The van der Waals surface area contributed by atoms with Crippen LogP contribution in [0.1, 0.15) is 37.7 Å². The first-order valence-corrected chi connectivity index (χ1v) is 7.03. The average molecular weight is 274 g/mol. The molecule has 0 bridgehead atoms. The molecule has 1 unspecified atom stereocenters. The molecule has 1 aromatic rings. The molecule has 1 aliphatic heterocycles. The number of carbonyl (C=O) groups is 1. The highest BCUT2D eigenvalue weighted by Crippen LogP contribution is 2.22. The Morgan fingerprint density at radius 1 is 1.40 bits per heavy atom. The van der Waals surface area contributed by atoms with Crippen molar-refractivity contribution in [3.63, 3.8) is 0 Å². The molecule has 3 nitrogen and oxygen atoms in total. The molecule has 1 fully saturated rings. The van der Waals surface area contributed by atoms with E-state index in [0.29, 0.717) is 19.5 Å². The van der Waals surface area contributed by atoms with Gasteiger partial charge in [-0.05, 0) is 36.5 Å². The fraction of sp³-hybridized carbons (Fsp3) is 0.500. The highest BCUT2D eigenvalue weighted by Gasteiger charge is 2.23. The van der Waals surface area contributed by atoms with Crippen molar-refractivity contribution in [3.8, 4) is 6.07 Å². The van der Waals surface area contributed by atoms with Gasteiger partial charge in [0.1, 0.15) is 5.82 Å². The maximum Gasteiger partial charge on any atom is 0.223 e. The Kier molecular flexibility index (Phi) is 4.73. The van der Waals surface area contributed by atoms with Crippen LogP contribution in [0, 0.1) is 23.1 Å². The lowest BCUT2D eigenvalue weighted by Crippen LogP contribution is -2.38. The second-order valence-corrected chi connectivity index (χ2v) is 5.44. The van der Waals surface area contributed by atoms with E-state index in [2.05, 4.69) is 6.07 Å². The van der Waals surface area contributed by atoms with Crippen LogP contribution in [-0.4, -0.2) is 23.9 Å². The van der Waals surface area contributed by atoms with E-state index in [1.165, 1.54) is 12.1 Å². The number of hydrogen-bond acceptors (Lipinski definition) is 2. The molecule has 0 spiro atoms. The predicted octanol–water partition coefficient (Wildman–Crippen LogP) is 3.08. The summed E-state index contributed by atoms with van der Waals surface area (Å²) in [6, 6.07) is 8.58. The lowest BCUT2D eigenvalue weighted by molar-refractivity contribution is -0.132. The van der Waals surface area contributed by atoms with E-state index in [9.17, 15) is 9.18 Å². The third-order valence-corrected chi connectivity index (χ3v) is 3.95. The van der Waals surface area contributed by atoms with Gasteiger partial charge in [-0.1, -0.05) is 19.1 Å². The maximum atomic E-state index is 12.9. The number of hydrogen-bond donors (Lipinski definition) is 0. The van der Waals surface area contributed by atoms with E-state index >= 15 is 0 Å². The SMILES string of the molecule is CC(CC(=O)N1CCC(C#N)CC1)c1ccc(F)cc1. The number of nitrogens with zero attached hydrogens (tertiary/aromatic N) is 2. The standard InChI is InChI=1S/C16H19FN2O/c1-12(14-2-4-15(17)5-3-14)10-16(20)19-8-6-13(11-18)7-9-19/h2-5,12-13H,6-10H2,1H3. The van der Waals surface area contributed by atoms with Gasteiger partial charge in [0, 0.05) is 25.4 Å². The van der Waals surface area contributed by atoms with Crippen molar-refractivity contribution in [2.75, 3.05) is 13.1 Å². The molecule has 20 heavy (non-hydrogen) atoms. The molecule has 0 aromatic heterocycles. The zero-order valence-corrected chi connectivity index (χ0v) is 11.7. The molecule has 1 aliphatic rings. The third kappa shape index (κ3) is 3.57. The van der Waals surface area contributed by atoms with Crippen molar-refractivity contribution in [3.05, 3.63) is 35.6 Å². The van der Waals surface area contributed by atoms with Gasteiger partial charge in [-0.3, -0.25) is 4.79 Å². The molecule has 0 aliphatic carbocycles. The summed E-state index contributed by atoms with van der Waals surface area (Å²) in [5.41, 5.74) is 0.978. The topological polar surface area (TPSA) is 44.1 Å². The first-order chi connectivity index (χ1) is 9.60. The van der Waals surface area contributed by atoms with Crippen molar-refractivity contribution in [1.29, 1.82) is 5.26 Å². The van der Waals surface area contributed by atoms with E-state index in [0.717, 1.165) is 18.4 Å². The number of rotatable bonds is 3. The van der Waals surface area contributed by atoms with Crippen LogP contribution in [-0.2, 0) is 4.79 Å². The number of benzene rings is 1. The van der Waals surface area contributed by atoms with Gasteiger partial charge < -0.3 is 4.90 Å². The van der Waals surface area contributed by atoms with Crippen molar-refractivity contribution >= 4 is 5.91 Å². The summed E-state index contributed by atoms with van der Waals surface area (Å²) in [6.45, 7) is 3.33. The van der Waals surface area contributed by atoms with Gasteiger partial charge in [-0.15, -0.1) is 0 Å². The molecule has 0 radical (unpaired) electrons. The highest BCUT2D eigenvalue weighted by atomic mass is 19.1. The number of nitriles is 1. The lowest BCUT2D eigenvalue weighted by atomic mass is 9.95. The summed E-state index contributed by atoms with van der Waals surface area (Å²) in [4.78, 5) is 14.1. The summed E-state index contributed by atoms with van der Waals surface area (Å²) < 4.78 is 12.9.